The molecule has 0 heterocycles. The summed E-state index contributed by atoms with van der Waals surface area (Å²) in [6.07, 6.45) is 0. The van der Waals surface area contributed by atoms with Crippen LogP contribution in [-0.2, 0) is 0 Å². The molecule has 1 radical (unpaired) electrons. The molecule has 10 heavy (non-hydrogen) atoms. The molecule has 53 valence electrons. The molecule has 0 aliphatic rings. The van der Waals surface area contributed by atoms with Crippen LogP contribution in [-0.4, -0.2) is 14.1 Å². The summed E-state index contributed by atoms with van der Waals surface area (Å²) in [5, 5.41) is 0. The molecule has 1 rings (SSSR count). The maximum Gasteiger partial charge on any atom is 0.0378 e. The highest BCUT2D eigenvalue weighted by Gasteiger charge is 1.91. The number of anilines is 1. The van der Waals surface area contributed by atoms with Gasteiger partial charge in [0.05, 0.1) is 0 Å². The molecule has 1 aromatic carbocycles. The third-order valence-electron chi connectivity index (χ3n) is 1.35. The minimum Gasteiger partial charge on any atom is -0.378 e. The number of hydrogen-bond acceptors (Lipinski definition) is 1. The van der Waals surface area contributed by atoms with Crippen molar-refractivity contribution in [2.45, 2.75) is 4.90 Å². The Hall–Kier alpha value is -0.760. The minimum atomic E-state index is 0.894. The standard InChI is InChI=1S/C8H10NS/c1-9(2)7-3-5-8(10)6-4-7/h3-6H,1-2H3. The van der Waals surface area contributed by atoms with E-state index < -0.39 is 0 Å². The lowest BCUT2D eigenvalue weighted by Gasteiger charge is -2.11. The second kappa shape index (κ2) is 2.88. The molecular weight excluding hydrogens is 142 g/mol. The predicted octanol–water partition coefficient (Wildman–Crippen LogP) is 2.31. The maximum atomic E-state index is 4.94. The Bertz CT molecular complexity index is 203. The van der Waals surface area contributed by atoms with Crippen LogP contribution in [0.1, 0.15) is 0 Å². The molecule has 0 saturated carbocycles. The molecular formula is C8H10NS. The number of hydrogen-bond donors (Lipinski definition) is 0. The van der Waals surface area contributed by atoms with Gasteiger partial charge in [0.2, 0.25) is 0 Å². The Morgan fingerprint density at radius 3 is 2.00 bits per heavy atom. The summed E-state index contributed by atoms with van der Waals surface area (Å²) >= 11 is 4.94. The van der Waals surface area contributed by atoms with Crippen molar-refractivity contribution < 1.29 is 0 Å². The topological polar surface area (TPSA) is 3.24 Å². The van der Waals surface area contributed by atoms with Gasteiger partial charge in [-0.2, -0.15) is 0 Å². The van der Waals surface area contributed by atoms with Crippen LogP contribution in [0.2, 0.25) is 0 Å². The Kier molecular flexibility index (Phi) is 2.12. The average Bonchev–Trinajstić information content (AvgIpc) is 1.88. The van der Waals surface area contributed by atoms with E-state index in [2.05, 4.69) is 4.90 Å². The van der Waals surface area contributed by atoms with Crippen LogP contribution >= 0.6 is 12.6 Å². The Labute approximate surface area is 67.1 Å². The Balaban J connectivity index is 2.89. The van der Waals surface area contributed by atoms with E-state index in [0.29, 0.717) is 0 Å². The van der Waals surface area contributed by atoms with Gasteiger partial charge >= 0.3 is 0 Å². The summed E-state index contributed by atoms with van der Waals surface area (Å²) in [6, 6.07) is 7.90. The summed E-state index contributed by atoms with van der Waals surface area (Å²) < 4.78 is 0. The van der Waals surface area contributed by atoms with Gasteiger partial charge in [0.1, 0.15) is 0 Å². The van der Waals surface area contributed by atoms with Crippen molar-refractivity contribution in [3.63, 3.8) is 0 Å². The van der Waals surface area contributed by atoms with Crippen molar-refractivity contribution in [3.05, 3.63) is 24.3 Å². The van der Waals surface area contributed by atoms with Crippen molar-refractivity contribution in [2.75, 3.05) is 19.0 Å². The third-order valence-corrected chi connectivity index (χ3v) is 1.63. The summed E-state index contributed by atoms with van der Waals surface area (Å²) in [4.78, 5) is 2.94. The third kappa shape index (κ3) is 1.61. The Morgan fingerprint density at radius 1 is 1.10 bits per heavy atom. The van der Waals surface area contributed by atoms with E-state index in [-0.39, 0.29) is 0 Å². The first kappa shape index (κ1) is 7.35. The van der Waals surface area contributed by atoms with E-state index in [1.165, 1.54) is 5.69 Å². The molecule has 2 heteroatoms. The van der Waals surface area contributed by atoms with Crippen molar-refractivity contribution in [1.82, 2.24) is 0 Å². The van der Waals surface area contributed by atoms with Crippen molar-refractivity contribution in [2.24, 2.45) is 0 Å². The van der Waals surface area contributed by atoms with Crippen LogP contribution in [0.25, 0.3) is 0 Å². The summed E-state index contributed by atoms with van der Waals surface area (Å²) in [7, 11) is 4.02. The second-order valence-electron chi connectivity index (χ2n) is 2.39. The van der Waals surface area contributed by atoms with E-state index in [1.807, 2.05) is 38.4 Å². The number of nitrogens with zero attached hydrogens (tertiary/aromatic N) is 1. The van der Waals surface area contributed by atoms with Crippen molar-refractivity contribution in [3.8, 4) is 0 Å². The minimum absolute atomic E-state index is 0.894. The average molecular weight is 152 g/mol. The molecule has 0 atom stereocenters. The zero-order chi connectivity index (χ0) is 7.56. The van der Waals surface area contributed by atoms with E-state index in [4.69, 9.17) is 12.6 Å². The molecule has 0 fully saturated rings. The van der Waals surface area contributed by atoms with Gasteiger partial charge in [0.15, 0.2) is 0 Å². The molecule has 0 spiro atoms. The smallest absolute Gasteiger partial charge is 0.0378 e. The highest BCUT2D eigenvalue weighted by atomic mass is 32.1. The highest BCUT2D eigenvalue weighted by molar-refractivity contribution is 7.80. The van der Waals surface area contributed by atoms with Crippen LogP contribution in [0.3, 0.4) is 0 Å². The number of rotatable bonds is 1. The van der Waals surface area contributed by atoms with Crippen LogP contribution in [0.4, 0.5) is 5.69 Å². The van der Waals surface area contributed by atoms with Gasteiger partial charge in [0.25, 0.3) is 0 Å². The Morgan fingerprint density at radius 2 is 1.60 bits per heavy atom. The molecule has 1 aromatic rings. The summed E-state index contributed by atoms with van der Waals surface area (Å²) in [5.41, 5.74) is 1.19. The molecule has 0 bridgehead atoms. The SMILES string of the molecule is CN(C)c1ccc([S])cc1. The lowest BCUT2D eigenvalue weighted by atomic mass is 10.3. The number of benzene rings is 1. The fourth-order valence-electron chi connectivity index (χ4n) is 0.744. The molecule has 0 aliphatic carbocycles. The van der Waals surface area contributed by atoms with E-state index >= 15 is 0 Å². The van der Waals surface area contributed by atoms with Gasteiger partial charge < -0.3 is 4.90 Å². The monoisotopic (exact) mass is 152 g/mol. The van der Waals surface area contributed by atoms with Gasteiger partial charge in [-0.25, -0.2) is 0 Å². The van der Waals surface area contributed by atoms with Gasteiger partial charge in [0, 0.05) is 24.7 Å². The highest BCUT2D eigenvalue weighted by Crippen LogP contribution is 2.13. The lowest BCUT2D eigenvalue weighted by Crippen LogP contribution is -2.07. The fourth-order valence-corrected chi connectivity index (χ4v) is 0.880. The van der Waals surface area contributed by atoms with Gasteiger partial charge in [-0.1, -0.05) is 12.6 Å². The lowest BCUT2D eigenvalue weighted by molar-refractivity contribution is 1.13. The van der Waals surface area contributed by atoms with Crippen LogP contribution in [0.5, 0.6) is 0 Å². The first-order valence-corrected chi connectivity index (χ1v) is 3.55. The first-order chi connectivity index (χ1) is 4.70. The quantitative estimate of drug-likeness (QED) is 0.597. The van der Waals surface area contributed by atoms with Crippen LogP contribution in [0.15, 0.2) is 29.2 Å². The van der Waals surface area contributed by atoms with E-state index in [1.54, 1.807) is 0 Å². The van der Waals surface area contributed by atoms with Gasteiger partial charge in [-0.15, -0.1) is 0 Å². The zero-order valence-corrected chi connectivity index (χ0v) is 6.98. The van der Waals surface area contributed by atoms with Gasteiger partial charge in [-0.3, -0.25) is 0 Å². The van der Waals surface area contributed by atoms with Gasteiger partial charge in [-0.05, 0) is 24.3 Å². The fraction of sp³-hybridized carbons (Fsp3) is 0.250. The first-order valence-electron chi connectivity index (χ1n) is 3.14. The predicted molar refractivity (Wildman–Crippen MR) is 46.6 cm³/mol. The van der Waals surface area contributed by atoms with Crippen molar-refractivity contribution in [1.29, 1.82) is 0 Å². The molecule has 0 saturated heterocycles. The van der Waals surface area contributed by atoms with Crippen molar-refractivity contribution >= 4 is 18.3 Å². The van der Waals surface area contributed by atoms with Crippen LogP contribution < -0.4 is 4.90 Å². The van der Waals surface area contributed by atoms with E-state index in [0.717, 1.165) is 4.90 Å². The zero-order valence-electron chi connectivity index (χ0n) is 6.16. The molecule has 0 amide bonds. The second-order valence-corrected chi connectivity index (χ2v) is 2.86. The van der Waals surface area contributed by atoms with E-state index in [9.17, 15) is 0 Å². The molecule has 0 unspecified atom stereocenters. The largest absolute Gasteiger partial charge is 0.378 e. The van der Waals surface area contributed by atoms with Crippen LogP contribution in [0, 0.1) is 0 Å². The summed E-state index contributed by atoms with van der Waals surface area (Å²) in [5.74, 6) is 0. The normalized spacial score (nSPS) is 9.40. The molecule has 0 aromatic heterocycles. The molecule has 0 N–H and O–H groups in total. The summed E-state index contributed by atoms with van der Waals surface area (Å²) in [6.45, 7) is 0. The molecule has 0 aliphatic heterocycles. The maximum absolute atomic E-state index is 4.94. The molecule has 1 nitrogen and oxygen atoms in total.